The molecule has 78 valence electrons. The Kier molecular flexibility index (Phi) is 3.32. The molecule has 1 atom stereocenters. The number of halogens is 2. The van der Waals surface area contributed by atoms with Gasteiger partial charge in [0.25, 0.3) is 0 Å². The van der Waals surface area contributed by atoms with Gasteiger partial charge in [0, 0.05) is 11.8 Å². The molecular weight excluding hydrogens is 328 g/mol. The van der Waals surface area contributed by atoms with Gasteiger partial charge in [0.05, 0.1) is 9.08 Å². The van der Waals surface area contributed by atoms with E-state index >= 15 is 0 Å². The van der Waals surface area contributed by atoms with Gasteiger partial charge < -0.3 is 5.11 Å². The van der Waals surface area contributed by atoms with Gasteiger partial charge in [-0.3, -0.25) is 4.98 Å². The first-order valence-corrected chi connectivity index (χ1v) is 6.15. The highest BCUT2D eigenvalue weighted by atomic mass is 127. The van der Waals surface area contributed by atoms with Crippen molar-refractivity contribution in [2.75, 3.05) is 0 Å². The van der Waals surface area contributed by atoms with Gasteiger partial charge in [-0.15, -0.1) is 11.3 Å². The molecule has 0 bridgehead atoms. The van der Waals surface area contributed by atoms with E-state index in [4.69, 9.17) is 0 Å². The van der Waals surface area contributed by atoms with Gasteiger partial charge in [-0.1, -0.05) is 0 Å². The second kappa shape index (κ2) is 4.54. The summed E-state index contributed by atoms with van der Waals surface area (Å²) >= 11 is 3.69. The highest BCUT2D eigenvalue weighted by Gasteiger charge is 2.15. The zero-order chi connectivity index (χ0) is 10.8. The SMILES string of the molecule is OC(c1csc(I)c1)c1ccncc1F. The Labute approximate surface area is 104 Å². The fourth-order valence-electron chi connectivity index (χ4n) is 1.25. The van der Waals surface area contributed by atoms with Crippen LogP contribution in [0.25, 0.3) is 0 Å². The van der Waals surface area contributed by atoms with Gasteiger partial charge in [-0.25, -0.2) is 4.39 Å². The van der Waals surface area contributed by atoms with Gasteiger partial charge in [0.15, 0.2) is 0 Å². The third-order valence-electron chi connectivity index (χ3n) is 2.00. The minimum Gasteiger partial charge on any atom is -0.384 e. The van der Waals surface area contributed by atoms with Crippen molar-refractivity contribution in [3.05, 3.63) is 49.7 Å². The maximum atomic E-state index is 13.3. The number of pyridine rings is 1. The molecule has 0 aliphatic heterocycles. The van der Waals surface area contributed by atoms with Gasteiger partial charge in [-0.2, -0.15) is 0 Å². The highest BCUT2D eigenvalue weighted by Crippen LogP contribution is 2.28. The van der Waals surface area contributed by atoms with E-state index in [0.717, 1.165) is 14.6 Å². The van der Waals surface area contributed by atoms with Crippen molar-refractivity contribution in [2.45, 2.75) is 6.10 Å². The minimum absolute atomic E-state index is 0.263. The zero-order valence-corrected chi connectivity index (χ0v) is 10.5. The quantitative estimate of drug-likeness (QED) is 0.856. The molecule has 2 heterocycles. The van der Waals surface area contributed by atoms with Crippen molar-refractivity contribution >= 4 is 33.9 Å². The predicted octanol–water partition coefficient (Wildman–Crippen LogP) is 2.97. The van der Waals surface area contributed by atoms with Crippen LogP contribution in [0.2, 0.25) is 0 Å². The van der Waals surface area contributed by atoms with Crippen LogP contribution in [-0.4, -0.2) is 10.1 Å². The molecule has 2 aromatic rings. The Bertz CT molecular complexity index is 474. The Morgan fingerprint density at radius 2 is 2.33 bits per heavy atom. The molecule has 5 heteroatoms. The summed E-state index contributed by atoms with van der Waals surface area (Å²) in [5.41, 5.74) is 0.980. The number of hydrogen-bond acceptors (Lipinski definition) is 3. The summed E-state index contributed by atoms with van der Waals surface area (Å²) in [7, 11) is 0. The van der Waals surface area contributed by atoms with E-state index in [1.165, 1.54) is 23.6 Å². The lowest BCUT2D eigenvalue weighted by Crippen LogP contribution is -2.01. The lowest BCUT2D eigenvalue weighted by atomic mass is 10.1. The molecule has 0 fully saturated rings. The van der Waals surface area contributed by atoms with E-state index in [9.17, 15) is 9.50 Å². The number of thiophene rings is 1. The van der Waals surface area contributed by atoms with Crippen LogP contribution in [0.1, 0.15) is 17.2 Å². The summed E-state index contributed by atoms with van der Waals surface area (Å²) in [5, 5.41) is 11.7. The van der Waals surface area contributed by atoms with Crippen molar-refractivity contribution in [1.29, 1.82) is 0 Å². The molecule has 0 saturated carbocycles. The third kappa shape index (κ3) is 2.35. The van der Waals surface area contributed by atoms with Crippen molar-refractivity contribution < 1.29 is 9.50 Å². The maximum Gasteiger partial charge on any atom is 0.147 e. The number of hydrogen-bond donors (Lipinski definition) is 1. The van der Waals surface area contributed by atoms with E-state index in [1.54, 1.807) is 0 Å². The molecule has 0 amide bonds. The third-order valence-corrected chi connectivity index (χ3v) is 3.81. The summed E-state index contributed by atoms with van der Waals surface area (Å²) < 4.78 is 14.4. The van der Waals surface area contributed by atoms with E-state index in [1.807, 2.05) is 11.4 Å². The molecule has 0 aliphatic rings. The van der Waals surface area contributed by atoms with Crippen LogP contribution in [0.4, 0.5) is 4.39 Å². The number of nitrogens with zero attached hydrogens (tertiary/aromatic N) is 1. The summed E-state index contributed by atoms with van der Waals surface area (Å²) in [6, 6.07) is 3.33. The van der Waals surface area contributed by atoms with Crippen LogP contribution in [0.15, 0.2) is 29.9 Å². The number of aliphatic hydroxyl groups excluding tert-OH is 1. The largest absolute Gasteiger partial charge is 0.384 e. The Morgan fingerprint density at radius 1 is 1.53 bits per heavy atom. The Hall–Kier alpha value is -0.530. The summed E-state index contributed by atoms with van der Waals surface area (Å²) in [5.74, 6) is -0.480. The maximum absolute atomic E-state index is 13.3. The fraction of sp³-hybridized carbons (Fsp3) is 0.100. The lowest BCUT2D eigenvalue weighted by molar-refractivity contribution is 0.215. The molecule has 0 aliphatic carbocycles. The Morgan fingerprint density at radius 3 is 2.93 bits per heavy atom. The first-order chi connectivity index (χ1) is 7.18. The monoisotopic (exact) mass is 335 g/mol. The minimum atomic E-state index is -0.909. The van der Waals surface area contributed by atoms with Gasteiger partial charge in [-0.05, 0) is 45.7 Å². The van der Waals surface area contributed by atoms with E-state index in [0.29, 0.717) is 0 Å². The average molecular weight is 335 g/mol. The number of aliphatic hydroxyl groups is 1. The molecule has 15 heavy (non-hydrogen) atoms. The van der Waals surface area contributed by atoms with Gasteiger partial charge in [0.2, 0.25) is 0 Å². The molecule has 0 aromatic carbocycles. The molecule has 0 saturated heterocycles. The van der Waals surface area contributed by atoms with E-state index < -0.39 is 11.9 Å². The standard InChI is InChI=1S/C10H7FINOS/c11-8-4-13-2-1-7(8)10(14)6-3-9(12)15-5-6/h1-5,10,14H. The summed E-state index contributed by atoms with van der Waals surface area (Å²) in [6.45, 7) is 0. The van der Waals surface area contributed by atoms with Gasteiger partial charge >= 0.3 is 0 Å². The van der Waals surface area contributed by atoms with Crippen LogP contribution in [-0.2, 0) is 0 Å². The summed E-state index contributed by atoms with van der Waals surface area (Å²) in [6.07, 6.45) is 1.67. The zero-order valence-electron chi connectivity index (χ0n) is 7.52. The van der Waals surface area contributed by atoms with Crippen LogP contribution in [0.5, 0.6) is 0 Å². The Balaban J connectivity index is 2.36. The molecule has 0 radical (unpaired) electrons. The first kappa shape index (κ1) is 11.0. The normalized spacial score (nSPS) is 12.7. The molecule has 2 nitrogen and oxygen atoms in total. The second-order valence-electron chi connectivity index (χ2n) is 2.98. The van der Waals surface area contributed by atoms with Crippen molar-refractivity contribution in [2.24, 2.45) is 0 Å². The van der Waals surface area contributed by atoms with Crippen molar-refractivity contribution in [1.82, 2.24) is 4.98 Å². The van der Waals surface area contributed by atoms with Crippen LogP contribution >= 0.6 is 33.9 Å². The topological polar surface area (TPSA) is 33.1 Å². The van der Waals surface area contributed by atoms with Crippen LogP contribution < -0.4 is 0 Å². The molecule has 1 unspecified atom stereocenters. The fourth-order valence-corrected chi connectivity index (χ4v) is 2.64. The van der Waals surface area contributed by atoms with Crippen LogP contribution in [0, 0.1) is 8.70 Å². The first-order valence-electron chi connectivity index (χ1n) is 4.20. The highest BCUT2D eigenvalue weighted by molar-refractivity contribution is 14.1. The van der Waals surface area contributed by atoms with E-state index in [-0.39, 0.29) is 5.56 Å². The lowest BCUT2D eigenvalue weighted by Gasteiger charge is -2.09. The predicted molar refractivity (Wildman–Crippen MR) is 65.3 cm³/mol. The molecule has 1 N–H and O–H groups in total. The summed E-state index contributed by atoms with van der Waals surface area (Å²) in [4.78, 5) is 3.64. The second-order valence-corrected chi connectivity index (χ2v) is 5.79. The molecule has 2 aromatic heterocycles. The molecule has 2 rings (SSSR count). The molecule has 0 spiro atoms. The van der Waals surface area contributed by atoms with Crippen molar-refractivity contribution in [3.8, 4) is 0 Å². The number of rotatable bonds is 2. The van der Waals surface area contributed by atoms with Crippen molar-refractivity contribution in [3.63, 3.8) is 0 Å². The number of aromatic nitrogens is 1. The smallest absolute Gasteiger partial charge is 0.147 e. The molecular formula is C10H7FINOS. The average Bonchev–Trinajstić information content (AvgIpc) is 2.65. The van der Waals surface area contributed by atoms with E-state index in [2.05, 4.69) is 27.6 Å². The van der Waals surface area contributed by atoms with Crippen LogP contribution in [0.3, 0.4) is 0 Å². The van der Waals surface area contributed by atoms with Gasteiger partial charge in [0.1, 0.15) is 11.9 Å².